The van der Waals surface area contributed by atoms with Crippen molar-refractivity contribution in [1.29, 1.82) is 0 Å². The first-order valence-electron chi connectivity index (χ1n) is 10.9. The Balaban J connectivity index is 1.40. The molecule has 0 saturated heterocycles. The predicted molar refractivity (Wildman–Crippen MR) is 129 cm³/mol. The lowest BCUT2D eigenvalue weighted by Gasteiger charge is -2.09. The summed E-state index contributed by atoms with van der Waals surface area (Å²) in [4.78, 5) is 21.8. The molecule has 0 aliphatic rings. The van der Waals surface area contributed by atoms with E-state index in [1.165, 1.54) is 0 Å². The fraction of sp³-hybridized carbons (Fsp3) is 0.115. The van der Waals surface area contributed by atoms with E-state index in [0.29, 0.717) is 34.4 Å². The van der Waals surface area contributed by atoms with Crippen LogP contribution in [0.2, 0.25) is 0 Å². The normalized spacial score (nSPS) is 11.0. The number of anilines is 1. The van der Waals surface area contributed by atoms with Crippen LogP contribution >= 0.6 is 0 Å². The molecule has 0 saturated carbocycles. The largest absolute Gasteiger partial charge is 0.435 e. The summed E-state index contributed by atoms with van der Waals surface area (Å²) in [6.07, 6.45) is 3.33. The van der Waals surface area contributed by atoms with Gasteiger partial charge in [0.2, 0.25) is 5.89 Å². The Morgan fingerprint density at radius 1 is 0.971 bits per heavy atom. The Hall–Kier alpha value is -4.59. The minimum absolute atomic E-state index is 0.198. The second-order valence-electron chi connectivity index (χ2n) is 7.99. The fourth-order valence-electron chi connectivity index (χ4n) is 3.55. The van der Waals surface area contributed by atoms with Gasteiger partial charge in [-0.05, 0) is 50.2 Å². The van der Waals surface area contributed by atoms with Gasteiger partial charge in [-0.25, -0.2) is 9.97 Å². The van der Waals surface area contributed by atoms with Gasteiger partial charge in [-0.3, -0.25) is 4.79 Å². The molecule has 0 radical (unpaired) electrons. The number of hydrogen-bond acceptors (Lipinski definition) is 6. The molecule has 5 rings (SSSR count). The number of nitrogens with one attached hydrogen (secondary N) is 1. The summed E-state index contributed by atoms with van der Waals surface area (Å²) in [7, 11) is 0. The lowest BCUT2D eigenvalue weighted by atomic mass is 10.1. The molecule has 0 atom stereocenters. The summed E-state index contributed by atoms with van der Waals surface area (Å²) in [6, 6.07) is 22.4. The van der Waals surface area contributed by atoms with Crippen molar-refractivity contribution in [1.82, 2.24) is 24.7 Å². The third kappa shape index (κ3) is 4.33. The Morgan fingerprint density at radius 2 is 1.76 bits per heavy atom. The number of pyridine rings is 1. The van der Waals surface area contributed by atoms with Crippen LogP contribution in [0.15, 0.2) is 89.7 Å². The number of nitrogens with zero attached hydrogens (tertiary/aromatic N) is 5. The molecule has 3 aromatic heterocycles. The molecule has 0 unspecified atom stereocenters. The molecule has 3 heterocycles. The molecule has 2 aromatic carbocycles. The zero-order valence-electron chi connectivity index (χ0n) is 18.7. The van der Waals surface area contributed by atoms with Gasteiger partial charge in [0.05, 0.1) is 6.20 Å². The second-order valence-corrected chi connectivity index (χ2v) is 7.99. The number of amides is 1. The Morgan fingerprint density at radius 3 is 2.59 bits per heavy atom. The average Bonchev–Trinajstić information content (AvgIpc) is 3.55. The standard InChI is InChI=1S/C26H22N6O2/c1-17(2)32-16-28-31-24(32)21-12-7-13-22(30-21)26-27-15-23(34-26)18-8-6-9-19(14-18)25(33)29-20-10-4-3-5-11-20/h3-17H,1-2H3,(H,29,33). The molecule has 1 N–H and O–H groups in total. The SMILES string of the molecule is CC(C)n1cnnc1-c1cccc(-c2ncc(-c3cccc(C(=O)Nc4ccccc4)c3)o2)n1. The summed E-state index contributed by atoms with van der Waals surface area (Å²) in [6.45, 7) is 4.12. The maximum atomic E-state index is 12.7. The third-order valence-corrected chi connectivity index (χ3v) is 5.27. The van der Waals surface area contributed by atoms with Gasteiger partial charge in [0.15, 0.2) is 11.6 Å². The first kappa shape index (κ1) is 21.3. The van der Waals surface area contributed by atoms with Gasteiger partial charge in [-0.15, -0.1) is 10.2 Å². The van der Waals surface area contributed by atoms with Crippen molar-refractivity contribution in [3.63, 3.8) is 0 Å². The molecule has 5 aromatic rings. The van der Waals surface area contributed by atoms with Gasteiger partial charge in [0.25, 0.3) is 5.91 Å². The highest BCUT2D eigenvalue weighted by Gasteiger charge is 2.15. The van der Waals surface area contributed by atoms with Crippen LogP contribution in [0.3, 0.4) is 0 Å². The number of carbonyl (C=O) groups excluding carboxylic acids is 1. The molecule has 0 aliphatic carbocycles. The summed E-state index contributed by atoms with van der Waals surface area (Å²) in [5.41, 5.74) is 3.27. The van der Waals surface area contributed by atoms with Gasteiger partial charge < -0.3 is 14.3 Å². The number of rotatable bonds is 6. The monoisotopic (exact) mass is 450 g/mol. The van der Waals surface area contributed by atoms with Gasteiger partial charge >= 0.3 is 0 Å². The van der Waals surface area contributed by atoms with Gasteiger partial charge in [-0.1, -0.05) is 36.4 Å². The molecule has 1 amide bonds. The quantitative estimate of drug-likeness (QED) is 0.367. The lowest BCUT2D eigenvalue weighted by Crippen LogP contribution is -2.11. The predicted octanol–water partition coefficient (Wildman–Crippen LogP) is 5.50. The van der Waals surface area contributed by atoms with Crippen LogP contribution in [0.4, 0.5) is 5.69 Å². The molecule has 0 fully saturated rings. The summed E-state index contributed by atoms with van der Waals surface area (Å²) in [5, 5.41) is 11.1. The number of para-hydroxylation sites is 1. The highest BCUT2D eigenvalue weighted by molar-refractivity contribution is 6.04. The van der Waals surface area contributed by atoms with Crippen LogP contribution < -0.4 is 5.32 Å². The van der Waals surface area contributed by atoms with E-state index >= 15 is 0 Å². The van der Waals surface area contributed by atoms with Gasteiger partial charge in [0.1, 0.15) is 17.7 Å². The molecular formula is C26H22N6O2. The molecule has 0 spiro atoms. The van der Waals surface area contributed by atoms with Crippen LogP contribution in [-0.2, 0) is 0 Å². The second kappa shape index (κ2) is 9.11. The third-order valence-electron chi connectivity index (χ3n) is 5.27. The molecule has 0 bridgehead atoms. The molecule has 8 heteroatoms. The molecule has 0 aliphatic heterocycles. The summed E-state index contributed by atoms with van der Waals surface area (Å²) < 4.78 is 7.97. The van der Waals surface area contributed by atoms with Gasteiger partial charge in [0, 0.05) is 22.9 Å². The number of carbonyl (C=O) groups is 1. The maximum absolute atomic E-state index is 12.7. The Kier molecular flexibility index (Phi) is 5.70. The minimum atomic E-state index is -0.198. The topological polar surface area (TPSA) is 98.7 Å². The first-order valence-corrected chi connectivity index (χ1v) is 10.9. The van der Waals surface area contributed by atoms with Crippen LogP contribution in [0.25, 0.3) is 34.4 Å². The zero-order valence-corrected chi connectivity index (χ0v) is 18.7. The fourth-order valence-corrected chi connectivity index (χ4v) is 3.55. The van der Waals surface area contributed by atoms with Crippen molar-refractivity contribution in [3.05, 3.63) is 90.9 Å². The molecule has 34 heavy (non-hydrogen) atoms. The van der Waals surface area contributed by atoms with Crippen molar-refractivity contribution in [2.45, 2.75) is 19.9 Å². The van der Waals surface area contributed by atoms with E-state index in [-0.39, 0.29) is 11.9 Å². The van der Waals surface area contributed by atoms with E-state index in [9.17, 15) is 4.79 Å². The molecule has 168 valence electrons. The van der Waals surface area contributed by atoms with E-state index in [0.717, 1.165) is 11.3 Å². The maximum Gasteiger partial charge on any atom is 0.255 e. The number of aromatic nitrogens is 5. The van der Waals surface area contributed by atoms with Crippen LogP contribution in [0.1, 0.15) is 30.2 Å². The van der Waals surface area contributed by atoms with E-state index in [4.69, 9.17) is 4.42 Å². The molecular weight excluding hydrogens is 428 g/mol. The first-order chi connectivity index (χ1) is 16.6. The van der Waals surface area contributed by atoms with Crippen molar-refractivity contribution in [3.8, 4) is 34.4 Å². The van der Waals surface area contributed by atoms with Crippen LogP contribution in [-0.4, -0.2) is 30.6 Å². The van der Waals surface area contributed by atoms with E-state index in [2.05, 4.69) is 39.3 Å². The number of hydrogen-bond donors (Lipinski definition) is 1. The summed E-state index contributed by atoms with van der Waals surface area (Å²) in [5.74, 6) is 1.41. The highest BCUT2D eigenvalue weighted by atomic mass is 16.4. The van der Waals surface area contributed by atoms with E-state index in [1.54, 1.807) is 24.7 Å². The molecule has 8 nitrogen and oxygen atoms in total. The smallest absolute Gasteiger partial charge is 0.255 e. The van der Waals surface area contributed by atoms with Crippen molar-refractivity contribution in [2.24, 2.45) is 0 Å². The lowest BCUT2D eigenvalue weighted by molar-refractivity contribution is 0.102. The van der Waals surface area contributed by atoms with E-state index < -0.39 is 0 Å². The summed E-state index contributed by atoms with van der Waals surface area (Å²) >= 11 is 0. The number of benzene rings is 2. The van der Waals surface area contributed by atoms with Crippen molar-refractivity contribution < 1.29 is 9.21 Å². The average molecular weight is 451 g/mol. The van der Waals surface area contributed by atoms with E-state index in [1.807, 2.05) is 65.2 Å². The zero-order chi connectivity index (χ0) is 23.5. The van der Waals surface area contributed by atoms with Crippen molar-refractivity contribution >= 4 is 11.6 Å². The Bertz CT molecular complexity index is 1440. The van der Waals surface area contributed by atoms with Crippen LogP contribution in [0.5, 0.6) is 0 Å². The Labute approximate surface area is 196 Å². The van der Waals surface area contributed by atoms with Gasteiger partial charge in [-0.2, -0.15) is 0 Å². The van der Waals surface area contributed by atoms with Crippen LogP contribution in [0, 0.1) is 0 Å². The van der Waals surface area contributed by atoms with Crippen molar-refractivity contribution in [2.75, 3.05) is 5.32 Å². The minimum Gasteiger partial charge on any atom is -0.435 e. The highest BCUT2D eigenvalue weighted by Crippen LogP contribution is 2.27. The number of oxazole rings is 1.